The van der Waals surface area contributed by atoms with Crippen molar-refractivity contribution in [2.45, 2.75) is 56.9 Å². The number of hydrogen-bond donors (Lipinski definition) is 1. The van der Waals surface area contributed by atoms with Crippen LogP contribution in [0.3, 0.4) is 0 Å². The third kappa shape index (κ3) is 4.99. The molecule has 1 heterocycles. The van der Waals surface area contributed by atoms with Gasteiger partial charge >= 0.3 is 6.01 Å². The van der Waals surface area contributed by atoms with Gasteiger partial charge in [0.15, 0.2) is 0 Å². The summed E-state index contributed by atoms with van der Waals surface area (Å²) in [6.45, 7) is 3.95. The Bertz CT molecular complexity index is 1250. The van der Waals surface area contributed by atoms with Crippen molar-refractivity contribution in [1.82, 2.24) is 14.5 Å². The van der Waals surface area contributed by atoms with E-state index < -0.39 is 15.9 Å². The minimum Gasteiger partial charge on any atom is -0.403 e. The Hall–Kier alpha value is -3.04. The van der Waals surface area contributed by atoms with Crippen LogP contribution in [0.25, 0.3) is 11.5 Å². The molecule has 0 radical (unpaired) electrons. The number of nitrogens with one attached hydrogen (secondary N) is 1. The van der Waals surface area contributed by atoms with Gasteiger partial charge in [-0.2, -0.15) is 4.31 Å². The first-order valence-electron chi connectivity index (χ1n) is 11.1. The number of carbonyl (C=O) groups is 1. The number of rotatable bonds is 6. The van der Waals surface area contributed by atoms with Crippen molar-refractivity contribution in [3.63, 3.8) is 0 Å². The van der Waals surface area contributed by atoms with Crippen LogP contribution in [0.5, 0.6) is 0 Å². The lowest BCUT2D eigenvalue weighted by Crippen LogP contribution is -2.38. The van der Waals surface area contributed by atoms with Gasteiger partial charge in [0.2, 0.25) is 15.9 Å². The smallest absolute Gasteiger partial charge is 0.322 e. The Morgan fingerprint density at radius 3 is 2.39 bits per heavy atom. The van der Waals surface area contributed by atoms with Crippen molar-refractivity contribution < 1.29 is 17.6 Å². The first kappa shape index (κ1) is 23.1. The highest BCUT2D eigenvalue weighted by Crippen LogP contribution is 2.27. The topological polar surface area (TPSA) is 105 Å². The van der Waals surface area contributed by atoms with Crippen LogP contribution in [-0.4, -0.2) is 41.9 Å². The molecular weight excluding hydrogens is 440 g/mol. The van der Waals surface area contributed by atoms with Crippen molar-refractivity contribution in [2.75, 3.05) is 12.4 Å². The number of sulfonamides is 1. The number of aromatic nitrogens is 2. The molecule has 4 rings (SSSR count). The highest BCUT2D eigenvalue weighted by atomic mass is 32.2. The minimum absolute atomic E-state index is 0.0237. The van der Waals surface area contributed by atoms with Gasteiger partial charge in [-0.05, 0) is 62.6 Å². The van der Waals surface area contributed by atoms with E-state index in [1.807, 2.05) is 32.0 Å². The van der Waals surface area contributed by atoms with E-state index in [2.05, 4.69) is 15.5 Å². The Kier molecular flexibility index (Phi) is 6.62. The number of nitrogens with zero attached hydrogens (tertiary/aromatic N) is 3. The van der Waals surface area contributed by atoms with Gasteiger partial charge in [-0.3, -0.25) is 10.1 Å². The van der Waals surface area contributed by atoms with E-state index in [9.17, 15) is 13.2 Å². The third-order valence-electron chi connectivity index (χ3n) is 6.14. The molecule has 1 N–H and O–H groups in total. The normalized spacial score (nSPS) is 15.0. The van der Waals surface area contributed by atoms with E-state index in [4.69, 9.17) is 4.42 Å². The summed E-state index contributed by atoms with van der Waals surface area (Å²) in [6.07, 6.45) is 5.00. The molecule has 8 nitrogen and oxygen atoms in total. The van der Waals surface area contributed by atoms with E-state index >= 15 is 0 Å². The van der Waals surface area contributed by atoms with E-state index in [-0.39, 0.29) is 17.0 Å². The van der Waals surface area contributed by atoms with Crippen LogP contribution < -0.4 is 5.32 Å². The van der Waals surface area contributed by atoms with Crippen LogP contribution in [-0.2, 0) is 10.0 Å². The molecule has 9 heteroatoms. The summed E-state index contributed by atoms with van der Waals surface area (Å²) in [5.74, 6) is -0.148. The molecule has 1 aromatic heterocycles. The third-order valence-corrected chi connectivity index (χ3v) is 8.06. The van der Waals surface area contributed by atoms with Gasteiger partial charge in [0.05, 0.1) is 4.90 Å². The molecule has 0 saturated heterocycles. The first-order valence-corrected chi connectivity index (χ1v) is 12.5. The Morgan fingerprint density at radius 2 is 1.73 bits per heavy atom. The van der Waals surface area contributed by atoms with Gasteiger partial charge in [0, 0.05) is 24.2 Å². The number of anilines is 1. The molecule has 1 aliphatic carbocycles. The standard InChI is InChI=1S/C24H28N4O4S/c1-16-9-14-21(17(2)15-16)23-26-27-24(32-23)25-22(29)18-10-12-20(13-11-18)33(30,31)28(3)19-7-5-4-6-8-19/h9-15,19H,4-8H2,1-3H3,(H,25,27,29). The molecule has 2 aromatic carbocycles. The molecule has 0 bridgehead atoms. The second kappa shape index (κ2) is 9.44. The van der Waals surface area contributed by atoms with E-state index in [0.29, 0.717) is 11.5 Å². The summed E-state index contributed by atoms with van der Waals surface area (Å²) < 4.78 is 33.0. The van der Waals surface area contributed by atoms with Crippen LogP contribution in [0.1, 0.15) is 53.6 Å². The zero-order valence-electron chi connectivity index (χ0n) is 19.0. The van der Waals surface area contributed by atoms with Crippen LogP contribution >= 0.6 is 0 Å². The average molecular weight is 469 g/mol. The van der Waals surface area contributed by atoms with Gasteiger partial charge in [-0.25, -0.2) is 8.42 Å². The largest absolute Gasteiger partial charge is 0.403 e. The zero-order chi connectivity index (χ0) is 23.6. The number of benzene rings is 2. The molecule has 1 fully saturated rings. The van der Waals surface area contributed by atoms with Crippen LogP contribution in [0, 0.1) is 13.8 Å². The maximum absolute atomic E-state index is 13.0. The zero-order valence-corrected chi connectivity index (χ0v) is 19.9. The lowest BCUT2D eigenvalue weighted by Gasteiger charge is -2.30. The molecule has 1 aliphatic rings. The van der Waals surface area contributed by atoms with Gasteiger partial charge in [-0.1, -0.05) is 42.1 Å². The Balaban J connectivity index is 1.45. The fourth-order valence-corrected chi connectivity index (χ4v) is 5.61. The average Bonchev–Trinajstić information content (AvgIpc) is 3.27. The van der Waals surface area contributed by atoms with Gasteiger partial charge < -0.3 is 4.42 Å². The van der Waals surface area contributed by atoms with E-state index in [1.54, 1.807) is 7.05 Å². The van der Waals surface area contributed by atoms with Crippen LogP contribution in [0.2, 0.25) is 0 Å². The fraction of sp³-hybridized carbons (Fsp3) is 0.375. The van der Waals surface area contributed by atoms with Gasteiger partial charge in [-0.15, -0.1) is 5.10 Å². The predicted octanol–water partition coefficient (Wildman–Crippen LogP) is 4.56. The molecule has 174 valence electrons. The Morgan fingerprint density at radius 1 is 1.03 bits per heavy atom. The molecule has 33 heavy (non-hydrogen) atoms. The summed E-state index contributed by atoms with van der Waals surface area (Å²) >= 11 is 0. The van der Waals surface area contributed by atoms with Crippen LogP contribution in [0.15, 0.2) is 51.8 Å². The summed E-state index contributed by atoms with van der Waals surface area (Å²) in [5.41, 5.74) is 3.21. The van der Waals surface area contributed by atoms with E-state index in [1.165, 1.54) is 28.6 Å². The van der Waals surface area contributed by atoms with Crippen molar-refractivity contribution in [3.8, 4) is 11.5 Å². The second-order valence-corrected chi connectivity index (χ2v) is 10.5. The van der Waals surface area contributed by atoms with Crippen molar-refractivity contribution in [3.05, 3.63) is 59.2 Å². The quantitative estimate of drug-likeness (QED) is 0.569. The minimum atomic E-state index is -3.61. The summed E-state index contributed by atoms with van der Waals surface area (Å²) in [4.78, 5) is 12.8. The van der Waals surface area contributed by atoms with E-state index in [0.717, 1.165) is 48.8 Å². The molecule has 0 aliphatic heterocycles. The molecule has 0 unspecified atom stereocenters. The number of amides is 1. The second-order valence-electron chi connectivity index (χ2n) is 8.52. The SMILES string of the molecule is Cc1ccc(-c2nnc(NC(=O)c3ccc(S(=O)(=O)N(C)C4CCCCC4)cc3)o2)c(C)c1. The summed E-state index contributed by atoms with van der Waals surface area (Å²) in [5, 5.41) is 10.5. The van der Waals surface area contributed by atoms with Crippen molar-refractivity contribution in [2.24, 2.45) is 0 Å². The number of carbonyl (C=O) groups excluding carboxylic acids is 1. The summed E-state index contributed by atoms with van der Waals surface area (Å²) in [7, 11) is -1.98. The van der Waals surface area contributed by atoms with Crippen molar-refractivity contribution in [1.29, 1.82) is 0 Å². The molecule has 1 amide bonds. The molecule has 1 saturated carbocycles. The lowest BCUT2D eigenvalue weighted by molar-refractivity contribution is 0.102. The molecule has 3 aromatic rings. The molecule has 0 atom stereocenters. The molecule has 0 spiro atoms. The maximum atomic E-state index is 13.0. The number of aryl methyl sites for hydroxylation is 2. The summed E-state index contributed by atoms with van der Waals surface area (Å²) in [6, 6.07) is 11.7. The highest BCUT2D eigenvalue weighted by molar-refractivity contribution is 7.89. The lowest BCUT2D eigenvalue weighted by atomic mass is 9.96. The fourth-order valence-electron chi connectivity index (χ4n) is 4.19. The highest BCUT2D eigenvalue weighted by Gasteiger charge is 2.29. The first-order chi connectivity index (χ1) is 15.8. The van der Waals surface area contributed by atoms with Gasteiger partial charge in [0.1, 0.15) is 0 Å². The van der Waals surface area contributed by atoms with Crippen molar-refractivity contribution >= 4 is 21.9 Å². The molecular formula is C24H28N4O4S. The monoisotopic (exact) mass is 468 g/mol. The predicted molar refractivity (Wildman–Crippen MR) is 125 cm³/mol. The Labute approximate surface area is 194 Å². The maximum Gasteiger partial charge on any atom is 0.322 e. The number of hydrogen-bond acceptors (Lipinski definition) is 6. The van der Waals surface area contributed by atoms with Crippen LogP contribution in [0.4, 0.5) is 6.01 Å². The van der Waals surface area contributed by atoms with Gasteiger partial charge in [0.25, 0.3) is 5.91 Å².